The lowest BCUT2D eigenvalue weighted by molar-refractivity contribution is 0.0693. The van der Waals surface area contributed by atoms with Crippen LogP contribution in [0.25, 0.3) is 21.7 Å². The van der Waals surface area contributed by atoms with Gasteiger partial charge in [0, 0.05) is 10.5 Å². The molecular weight excluding hydrogens is 260 g/mol. The Morgan fingerprint density at radius 1 is 1.40 bits per heavy atom. The molecule has 0 aliphatic rings. The minimum Gasteiger partial charge on any atom is -0.480 e. The van der Waals surface area contributed by atoms with Crippen LogP contribution in [0.5, 0.6) is 5.88 Å². The van der Waals surface area contributed by atoms with Crippen LogP contribution in [-0.2, 0) is 0 Å². The van der Waals surface area contributed by atoms with Gasteiger partial charge in [-0.15, -0.1) is 0 Å². The van der Waals surface area contributed by atoms with Crippen molar-refractivity contribution in [2.75, 3.05) is 7.11 Å². The molecule has 1 heterocycles. The largest absolute Gasteiger partial charge is 0.480 e. The summed E-state index contributed by atoms with van der Waals surface area (Å²) in [6.07, 6.45) is 0. The summed E-state index contributed by atoms with van der Waals surface area (Å²) in [5.74, 6) is -1.36. The number of aromatic carboxylic acids is 1. The fourth-order valence-electron chi connectivity index (χ4n) is 1.74. The highest BCUT2D eigenvalue weighted by molar-refractivity contribution is 5.96. The van der Waals surface area contributed by atoms with Gasteiger partial charge in [0.25, 0.3) is 0 Å². The van der Waals surface area contributed by atoms with Gasteiger partial charge in [-0.25, -0.2) is 9.78 Å². The minimum absolute atomic E-state index is 0.0364. The highest BCUT2D eigenvalue weighted by atomic mass is 16.5. The Hall–Kier alpha value is -3.05. The highest BCUT2D eigenvalue weighted by Gasteiger charge is 2.19. The van der Waals surface area contributed by atoms with Gasteiger partial charge in [-0.1, -0.05) is 35.4 Å². The number of ether oxygens (including phenoxy) is 1. The maximum absolute atomic E-state index is 11.2. The topological polar surface area (TPSA) is 108 Å². The van der Waals surface area contributed by atoms with Crippen molar-refractivity contribution in [3.8, 4) is 17.1 Å². The molecule has 2 aromatic rings. The van der Waals surface area contributed by atoms with Gasteiger partial charge in [0.15, 0.2) is 0 Å². The second-order valence-electron chi connectivity index (χ2n) is 3.77. The molecule has 20 heavy (non-hydrogen) atoms. The third kappa shape index (κ3) is 2.52. The zero-order valence-corrected chi connectivity index (χ0v) is 10.5. The molecule has 1 N–H and O–H groups in total. The van der Waals surface area contributed by atoms with E-state index in [4.69, 9.17) is 15.4 Å². The summed E-state index contributed by atoms with van der Waals surface area (Å²) in [6, 6.07) is 10.5. The summed E-state index contributed by atoms with van der Waals surface area (Å²) < 4.78 is 4.98. The highest BCUT2D eigenvalue weighted by Crippen LogP contribution is 2.32. The van der Waals surface area contributed by atoms with Gasteiger partial charge in [0.05, 0.1) is 18.5 Å². The number of benzene rings is 1. The molecule has 7 heteroatoms. The number of pyridine rings is 1. The van der Waals surface area contributed by atoms with E-state index in [1.165, 1.54) is 13.2 Å². The first-order chi connectivity index (χ1) is 9.67. The monoisotopic (exact) mass is 270 g/mol. The number of hydrogen-bond acceptors (Lipinski definition) is 4. The van der Waals surface area contributed by atoms with Crippen LogP contribution in [-0.4, -0.2) is 23.2 Å². The minimum atomic E-state index is -1.27. The Morgan fingerprint density at radius 3 is 2.65 bits per heavy atom. The fourth-order valence-corrected chi connectivity index (χ4v) is 1.74. The molecule has 1 aromatic heterocycles. The maximum Gasteiger partial charge on any atom is 0.341 e. The molecule has 0 aliphatic heterocycles. The van der Waals surface area contributed by atoms with Crippen molar-refractivity contribution in [2.45, 2.75) is 0 Å². The van der Waals surface area contributed by atoms with Crippen molar-refractivity contribution >= 4 is 11.7 Å². The molecular formula is C13H10N4O3. The van der Waals surface area contributed by atoms with Crippen molar-refractivity contribution in [3.05, 3.63) is 52.4 Å². The average Bonchev–Trinajstić information content (AvgIpc) is 2.47. The summed E-state index contributed by atoms with van der Waals surface area (Å²) in [5, 5.41) is 12.6. The fraction of sp³-hybridized carbons (Fsp3) is 0.0769. The van der Waals surface area contributed by atoms with E-state index < -0.39 is 5.97 Å². The molecule has 100 valence electrons. The molecule has 0 saturated heterocycles. The quantitative estimate of drug-likeness (QED) is 0.521. The number of methoxy groups -OCH3 is 1. The second-order valence-corrected chi connectivity index (χ2v) is 3.77. The van der Waals surface area contributed by atoms with Crippen LogP contribution < -0.4 is 4.74 Å². The van der Waals surface area contributed by atoms with Crippen molar-refractivity contribution in [1.82, 2.24) is 4.98 Å². The molecule has 0 saturated carbocycles. The van der Waals surface area contributed by atoms with Crippen LogP contribution in [0.15, 0.2) is 41.5 Å². The van der Waals surface area contributed by atoms with E-state index in [1.807, 2.05) is 30.3 Å². The SMILES string of the molecule is COc1nc(-c2ccccc2)cc(N=[N+]=[N-])c1C(=O)O. The number of carbonyl (C=O) groups is 1. The maximum atomic E-state index is 11.2. The average molecular weight is 270 g/mol. The van der Waals surface area contributed by atoms with E-state index in [0.717, 1.165) is 5.56 Å². The van der Waals surface area contributed by atoms with Gasteiger partial charge in [0.2, 0.25) is 5.88 Å². The van der Waals surface area contributed by atoms with Gasteiger partial charge in [0.1, 0.15) is 5.56 Å². The van der Waals surface area contributed by atoms with Gasteiger partial charge in [-0.05, 0) is 11.6 Å². The molecule has 1 aromatic carbocycles. The number of carboxylic acids is 1. The van der Waals surface area contributed by atoms with E-state index in [-0.39, 0.29) is 17.1 Å². The molecule has 7 nitrogen and oxygen atoms in total. The van der Waals surface area contributed by atoms with E-state index in [2.05, 4.69) is 15.0 Å². The number of azide groups is 1. The lowest BCUT2D eigenvalue weighted by Crippen LogP contribution is -2.04. The lowest BCUT2D eigenvalue weighted by atomic mass is 10.1. The van der Waals surface area contributed by atoms with Crippen molar-refractivity contribution in [1.29, 1.82) is 0 Å². The standard InChI is InChI=1S/C13H10N4O3/c1-20-12-11(13(18)19)10(16-17-14)7-9(15-12)8-5-3-2-4-6-8/h2-7H,1H3,(H,18,19). The number of hydrogen-bond donors (Lipinski definition) is 1. The molecule has 0 radical (unpaired) electrons. The second kappa shape index (κ2) is 5.73. The van der Waals surface area contributed by atoms with Crippen LogP contribution >= 0.6 is 0 Å². The van der Waals surface area contributed by atoms with E-state index >= 15 is 0 Å². The number of carboxylic acid groups (broad SMARTS) is 1. The zero-order valence-electron chi connectivity index (χ0n) is 10.5. The third-order valence-corrected chi connectivity index (χ3v) is 2.59. The van der Waals surface area contributed by atoms with Gasteiger partial charge in [-0.2, -0.15) is 0 Å². The molecule has 2 rings (SSSR count). The van der Waals surface area contributed by atoms with Crippen LogP contribution in [0.4, 0.5) is 5.69 Å². The van der Waals surface area contributed by atoms with Crippen LogP contribution in [0.3, 0.4) is 0 Å². The first kappa shape index (κ1) is 13.4. The summed E-state index contributed by atoms with van der Waals surface area (Å²) in [5.41, 5.74) is 9.49. The smallest absolute Gasteiger partial charge is 0.341 e. The van der Waals surface area contributed by atoms with Crippen LogP contribution in [0, 0.1) is 0 Å². The molecule has 0 spiro atoms. The van der Waals surface area contributed by atoms with Crippen molar-refractivity contribution in [3.63, 3.8) is 0 Å². The summed E-state index contributed by atoms with van der Waals surface area (Å²) in [4.78, 5) is 18.0. The Labute approximate surface area is 114 Å². The third-order valence-electron chi connectivity index (χ3n) is 2.59. The Bertz CT molecular complexity index is 694. The molecule has 0 atom stereocenters. The van der Waals surface area contributed by atoms with Crippen molar-refractivity contribution in [2.24, 2.45) is 5.11 Å². The lowest BCUT2D eigenvalue weighted by Gasteiger charge is -2.09. The first-order valence-corrected chi connectivity index (χ1v) is 5.60. The summed E-state index contributed by atoms with van der Waals surface area (Å²) in [7, 11) is 1.31. The molecule has 0 fully saturated rings. The van der Waals surface area contributed by atoms with Crippen molar-refractivity contribution < 1.29 is 14.6 Å². The summed E-state index contributed by atoms with van der Waals surface area (Å²) in [6.45, 7) is 0. The predicted octanol–water partition coefficient (Wildman–Crippen LogP) is 3.40. The molecule has 0 bridgehead atoms. The number of aromatic nitrogens is 1. The molecule has 0 aliphatic carbocycles. The van der Waals surface area contributed by atoms with E-state index in [1.54, 1.807) is 0 Å². The van der Waals surface area contributed by atoms with Gasteiger partial charge < -0.3 is 9.84 Å². The normalized spacial score (nSPS) is 9.65. The molecule has 0 amide bonds. The Kier molecular flexibility index (Phi) is 3.83. The number of rotatable bonds is 4. The first-order valence-electron chi connectivity index (χ1n) is 5.60. The van der Waals surface area contributed by atoms with Gasteiger partial charge >= 0.3 is 5.97 Å². The van der Waals surface area contributed by atoms with Gasteiger partial charge in [-0.3, -0.25) is 0 Å². The summed E-state index contributed by atoms with van der Waals surface area (Å²) >= 11 is 0. The van der Waals surface area contributed by atoms with Crippen LogP contribution in [0.1, 0.15) is 10.4 Å². The molecule has 0 unspecified atom stereocenters. The predicted molar refractivity (Wildman–Crippen MR) is 72.0 cm³/mol. The van der Waals surface area contributed by atoms with Crippen LogP contribution in [0.2, 0.25) is 0 Å². The number of nitrogens with zero attached hydrogens (tertiary/aromatic N) is 4. The zero-order chi connectivity index (χ0) is 14.5. The van der Waals surface area contributed by atoms with E-state index in [0.29, 0.717) is 5.69 Å². The Balaban J connectivity index is 2.71. The van der Waals surface area contributed by atoms with E-state index in [9.17, 15) is 4.79 Å². The Morgan fingerprint density at radius 2 is 2.10 bits per heavy atom.